The zero-order valence-corrected chi connectivity index (χ0v) is 13.6. The zero-order valence-electron chi connectivity index (χ0n) is 12.6. The molecule has 17 heavy (non-hydrogen) atoms. The van der Waals surface area contributed by atoms with Crippen LogP contribution in [0.5, 0.6) is 0 Å². The van der Waals surface area contributed by atoms with Gasteiger partial charge in [0.15, 0.2) is 0 Å². The molecule has 3 heteroatoms. The van der Waals surface area contributed by atoms with Crippen molar-refractivity contribution in [1.29, 1.82) is 0 Å². The molecule has 0 aromatic carbocycles. The molecule has 0 aliphatic rings. The van der Waals surface area contributed by atoms with Crippen LogP contribution in [0.15, 0.2) is 11.3 Å². The van der Waals surface area contributed by atoms with E-state index in [1.54, 1.807) is 13.8 Å². The van der Waals surface area contributed by atoms with Crippen molar-refractivity contribution in [3.63, 3.8) is 0 Å². The van der Waals surface area contributed by atoms with Crippen molar-refractivity contribution in [3.05, 3.63) is 11.3 Å². The highest BCUT2D eigenvalue weighted by molar-refractivity contribution is 6.86. The minimum atomic E-state index is -1.64. The van der Waals surface area contributed by atoms with Gasteiger partial charge in [-0.15, -0.1) is 0 Å². The van der Waals surface area contributed by atoms with Gasteiger partial charge in [-0.3, -0.25) is 0 Å². The third kappa shape index (κ3) is 4.57. The summed E-state index contributed by atoms with van der Waals surface area (Å²) in [5, 5.41) is 21.6. The Kier molecular flexibility index (Phi) is 5.64. The van der Waals surface area contributed by atoms with Gasteiger partial charge in [0.25, 0.3) is 0 Å². The maximum atomic E-state index is 10.4. The lowest BCUT2D eigenvalue weighted by molar-refractivity contribution is 0.109. The van der Waals surface area contributed by atoms with Crippen molar-refractivity contribution in [1.82, 2.24) is 0 Å². The Morgan fingerprint density at radius 3 is 1.47 bits per heavy atom. The topological polar surface area (TPSA) is 40.5 Å². The van der Waals surface area contributed by atoms with Gasteiger partial charge in [-0.1, -0.05) is 50.2 Å². The van der Waals surface area contributed by atoms with Gasteiger partial charge in [-0.25, -0.2) is 0 Å². The third-order valence-electron chi connectivity index (χ3n) is 3.76. The van der Waals surface area contributed by atoms with Gasteiger partial charge < -0.3 is 10.2 Å². The van der Waals surface area contributed by atoms with Gasteiger partial charge in [0, 0.05) is 0 Å². The summed E-state index contributed by atoms with van der Waals surface area (Å²) in [5.41, 5.74) is -1.68. The Bertz CT molecular complexity index is 257. The van der Waals surface area contributed by atoms with E-state index in [0.717, 1.165) is 23.3 Å². The molecular weight excluding hydrogens is 228 g/mol. The summed E-state index contributed by atoms with van der Waals surface area (Å²) < 4.78 is 0. The van der Waals surface area contributed by atoms with Crippen LogP contribution in [-0.2, 0) is 0 Å². The smallest absolute Gasteiger partial charge is 0.0841 e. The summed E-state index contributed by atoms with van der Waals surface area (Å²) >= 11 is 0. The summed E-state index contributed by atoms with van der Waals surface area (Å²) in [4.78, 5) is 0. The average Bonchev–Trinajstić information content (AvgIpc) is 2.16. The van der Waals surface area contributed by atoms with Gasteiger partial charge in [0.1, 0.15) is 0 Å². The maximum Gasteiger partial charge on any atom is 0.0841 e. The fraction of sp³-hybridized carbons (Fsp3) is 0.857. The van der Waals surface area contributed by atoms with E-state index in [0.29, 0.717) is 0 Å². The lowest BCUT2D eigenvalue weighted by atomic mass is 10.0. The molecule has 0 atom stereocenters. The van der Waals surface area contributed by atoms with E-state index in [-0.39, 0.29) is 0 Å². The van der Waals surface area contributed by atoms with Gasteiger partial charge >= 0.3 is 0 Å². The van der Waals surface area contributed by atoms with Crippen LogP contribution >= 0.6 is 0 Å². The normalized spacial score (nSPS) is 15.2. The molecule has 0 aromatic heterocycles. The fourth-order valence-corrected chi connectivity index (χ4v) is 7.25. The Labute approximate surface area is 108 Å². The van der Waals surface area contributed by atoms with E-state index in [1.165, 1.54) is 0 Å². The second kappa shape index (κ2) is 5.68. The molecule has 0 amide bonds. The highest BCUT2D eigenvalue weighted by Crippen LogP contribution is 2.36. The number of aliphatic hydroxyl groups is 2. The van der Waals surface area contributed by atoms with Crippen molar-refractivity contribution in [2.24, 2.45) is 0 Å². The predicted molar refractivity (Wildman–Crippen MR) is 77.9 cm³/mol. The van der Waals surface area contributed by atoms with Crippen LogP contribution in [0, 0.1) is 0 Å². The molecule has 2 nitrogen and oxygen atoms in total. The number of hydrogen-bond donors (Lipinski definition) is 2. The molecule has 0 rings (SSSR count). The third-order valence-corrected chi connectivity index (χ3v) is 9.72. The Hall–Kier alpha value is -0.123. The molecule has 0 fully saturated rings. The van der Waals surface area contributed by atoms with E-state index in [9.17, 15) is 10.2 Å². The average molecular weight is 258 g/mol. The molecule has 2 N–H and O–H groups in total. The summed E-state index contributed by atoms with van der Waals surface area (Å²) in [6, 6.07) is 3.35. The molecule has 0 bridgehead atoms. The first-order valence-electron chi connectivity index (χ1n) is 6.71. The van der Waals surface area contributed by atoms with Crippen molar-refractivity contribution in [2.45, 2.75) is 77.8 Å². The first kappa shape index (κ1) is 16.9. The first-order chi connectivity index (χ1) is 7.52. The largest absolute Gasteiger partial charge is 0.386 e. The van der Waals surface area contributed by atoms with Gasteiger partial charge in [-0.05, 0) is 27.7 Å². The first-order valence-corrected chi connectivity index (χ1v) is 9.33. The fourth-order valence-electron chi connectivity index (χ4n) is 2.65. The standard InChI is InChI=1S/C14H30O2Si/c1-8-17(9-2,10-3)12(14(6,7)16)11-13(4,5)15/h11,15-16H,8-10H2,1-7H3/b12-11+. The molecule has 0 unspecified atom stereocenters. The van der Waals surface area contributed by atoms with Gasteiger partial charge in [0.2, 0.25) is 0 Å². The molecule has 102 valence electrons. The second-order valence-corrected chi connectivity index (χ2v) is 11.3. The predicted octanol–water partition coefficient (Wildman–Crippen LogP) is 3.50. The van der Waals surface area contributed by atoms with Crippen LogP contribution in [0.2, 0.25) is 18.1 Å². The molecule has 0 radical (unpaired) electrons. The van der Waals surface area contributed by atoms with Crippen molar-refractivity contribution >= 4 is 8.07 Å². The lowest BCUT2D eigenvalue weighted by Gasteiger charge is -2.39. The van der Waals surface area contributed by atoms with Crippen LogP contribution in [0.4, 0.5) is 0 Å². The maximum absolute atomic E-state index is 10.4. The number of hydrogen-bond acceptors (Lipinski definition) is 2. The van der Waals surface area contributed by atoms with E-state index < -0.39 is 19.3 Å². The highest BCUT2D eigenvalue weighted by Gasteiger charge is 2.39. The summed E-state index contributed by atoms with van der Waals surface area (Å²) in [7, 11) is -1.64. The monoisotopic (exact) mass is 258 g/mol. The van der Waals surface area contributed by atoms with Crippen molar-refractivity contribution in [3.8, 4) is 0 Å². The van der Waals surface area contributed by atoms with Crippen molar-refractivity contribution < 1.29 is 10.2 Å². The van der Waals surface area contributed by atoms with Crippen LogP contribution in [0.1, 0.15) is 48.5 Å². The SMILES string of the molecule is CC[Si](CC)(CC)/C(=C/C(C)(C)O)C(C)(C)O. The Morgan fingerprint density at radius 1 is 0.941 bits per heavy atom. The van der Waals surface area contributed by atoms with Gasteiger partial charge in [-0.2, -0.15) is 0 Å². The second-order valence-electron chi connectivity index (χ2n) is 6.11. The van der Waals surface area contributed by atoms with E-state index in [2.05, 4.69) is 20.8 Å². The molecule has 0 saturated carbocycles. The quantitative estimate of drug-likeness (QED) is 0.716. The van der Waals surface area contributed by atoms with Crippen LogP contribution in [0.3, 0.4) is 0 Å². The minimum Gasteiger partial charge on any atom is -0.386 e. The number of rotatable bonds is 6. The summed E-state index contributed by atoms with van der Waals surface area (Å²) in [5.74, 6) is 0. The summed E-state index contributed by atoms with van der Waals surface area (Å²) in [6.45, 7) is 13.9. The van der Waals surface area contributed by atoms with E-state index in [1.807, 2.05) is 19.9 Å². The highest BCUT2D eigenvalue weighted by atomic mass is 28.3. The molecule has 0 aliphatic carbocycles. The van der Waals surface area contributed by atoms with E-state index >= 15 is 0 Å². The van der Waals surface area contributed by atoms with Gasteiger partial charge in [0.05, 0.1) is 19.3 Å². The summed E-state index contributed by atoms with van der Waals surface area (Å²) in [6.07, 6.45) is 1.90. The van der Waals surface area contributed by atoms with Crippen LogP contribution in [-0.4, -0.2) is 29.5 Å². The molecule has 0 heterocycles. The van der Waals surface area contributed by atoms with Crippen molar-refractivity contribution in [2.75, 3.05) is 0 Å². The molecule has 0 saturated heterocycles. The zero-order chi connectivity index (χ0) is 13.9. The Morgan fingerprint density at radius 2 is 1.29 bits per heavy atom. The lowest BCUT2D eigenvalue weighted by Crippen LogP contribution is -2.45. The molecular formula is C14H30O2Si. The molecule has 0 aliphatic heterocycles. The minimum absolute atomic E-state index is 0.825. The van der Waals surface area contributed by atoms with Crippen LogP contribution in [0.25, 0.3) is 0 Å². The Balaban J connectivity index is 5.71. The molecule has 0 aromatic rings. The molecule has 0 spiro atoms. The van der Waals surface area contributed by atoms with E-state index in [4.69, 9.17) is 0 Å². The van der Waals surface area contributed by atoms with Crippen LogP contribution < -0.4 is 0 Å².